The first-order chi connectivity index (χ1) is 14.3. The van der Waals surface area contributed by atoms with Crippen molar-refractivity contribution in [3.63, 3.8) is 0 Å². The lowest BCUT2D eigenvalue weighted by molar-refractivity contribution is -0.117. The third-order valence-corrected chi connectivity index (χ3v) is 8.64. The van der Waals surface area contributed by atoms with E-state index in [1.165, 1.54) is 23.9 Å². The van der Waals surface area contributed by atoms with E-state index in [1.807, 2.05) is 36.1 Å². The maximum atomic E-state index is 13.2. The summed E-state index contributed by atoms with van der Waals surface area (Å²) < 4.78 is 37.4. The van der Waals surface area contributed by atoms with E-state index < -0.39 is 9.84 Å². The lowest BCUT2D eigenvalue weighted by Crippen LogP contribution is -2.39. The van der Waals surface area contributed by atoms with Gasteiger partial charge in [0.2, 0.25) is 0 Å². The van der Waals surface area contributed by atoms with Gasteiger partial charge in [-0.1, -0.05) is 53.7 Å². The second-order valence-electron chi connectivity index (χ2n) is 7.82. The van der Waals surface area contributed by atoms with Crippen molar-refractivity contribution in [2.45, 2.75) is 31.1 Å². The SMILES string of the molecule is Cc1cccc(CC(=O)N=C2S[C@@H]3CS(=O)(=O)C[C@@H]3N2CCc2ccc(F)cc2)c1. The van der Waals surface area contributed by atoms with Crippen LogP contribution < -0.4 is 0 Å². The molecule has 30 heavy (non-hydrogen) atoms. The van der Waals surface area contributed by atoms with Crippen LogP contribution in [-0.2, 0) is 27.5 Å². The molecule has 2 aromatic carbocycles. The van der Waals surface area contributed by atoms with Gasteiger partial charge in [-0.05, 0) is 36.6 Å². The van der Waals surface area contributed by atoms with Crippen LogP contribution in [0.25, 0.3) is 0 Å². The molecule has 0 bridgehead atoms. The topological polar surface area (TPSA) is 66.8 Å². The van der Waals surface area contributed by atoms with Crippen LogP contribution in [0.4, 0.5) is 4.39 Å². The molecule has 2 saturated heterocycles. The van der Waals surface area contributed by atoms with Crippen LogP contribution in [0.3, 0.4) is 0 Å². The van der Waals surface area contributed by atoms with Gasteiger partial charge in [0.25, 0.3) is 5.91 Å². The molecule has 8 heteroatoms. The molecule has 0 spiro atoms. The zero-order chi connectivity index (χ0) is 21.3. The number of thioether (sulfide) groups is 1. The number of aryl methyl sites for hydroxylation is 1. The second-order valence-corrected chi connectivity index (χ2v) is 11.2. The number of rotatable bonds is 5. The van der Waals surface area contributed by atoms with E-state index in [1.54, 1.807) is 12.1 Å². The number of carbonyl (C=O) groups excluding carboxylic acids is 1. The zero-order valence-corrected chi connectivity index (χ0v) is 18.3. The van der Waals surface area contributed by atoms with E-state index in [0.717, 1.165) is 16.7 Å². The van der Waals surface area contributed by atoms with E-state index >= 15 is 0 Å². The van der Waals surface area contributed by atoms with E-state index in [-0.39, 0.29) is 40.9 Å². The Labute approximate surface area is 180 Å². The third kappa shape index (κ3) is 4.92. The van der Waals surface area contributed by atoms with Gasteiger partial charge < -0.3 is 4.90 Å². The Morgan fingerprint density at radius 1 is 1.17 bits per heavy atom. The first-order valence-corrected chi connectivity index (χ1v) is 12.5. The molecule has 2 aliphatic heterocycles. The Balaban J connectivity index is 1.51. The van der Waals surface area contributed by atoms with Gasteiger partial charge in [-0.2, -0.15) is 4.99 Å². The highest BCUT2D eigenvalue weighted by molar-refractivity contribution is 8.15. The average molecular weight is 447 g/mol. The minimum Gasteiger partial charge on any atom is -0.346 e. The number of hydrogen-bond acceptors (Lipinski definition) is 4. The number of amidine groups is 1. The summed E-state index contributed by atoms with van der Waals surface area (Å²) in [5.74, 6) is -0.334. The van der Waals surface area contributed by atoms with E-state index in [9.17, 15) is 17.6 Å². The molecule has 0 radical (unpaired) electrons. The first-order valence-electron chi connectivity index (χ1n) is 9.84. The standard InChI is InChI=1S/C22H23FN2O3S2/c1-15-3-2-4-17(11-15)12-21(26)24-22-25(10-9-16-5-7-18(23)8-6-16)19-13-30(27,28)14-20(19)29-22/h2-8,11,19-20H,9-10,12-14H2,1H3/t19-,20+/m0/s1. The summed E-state index contributed by atoms with van der Waals surface area (Å²) in [6.07, 6.45) is 0.834. The van der Waals surface area contributed by atoms with Crippen molar-refractivity contribution in [1.29, 1.82) is 0 Å². The largest absolute Gasteiger partial charge is 0.346 e. The van der Waals surface area contributed by atoms with Crippen LogP contribution in [0.2, 0.25) is 0 Å². The van der Waals surface area contributed by atoms with E-state index in [2.05, 4.69) is 4.99 Å². The molecule has 5 nitrogen and oxygen atoms in total. The highest BCUT2D eigenvalue weighted by Crippen LogP contribution is 2.38. The summed E-state index contributed by atoms with van der Waals surface area (Å²) in [6, 6.07) is 13.9. The molecule has 2 atom stereocenters. The van der Waals surface area contributed by atoms with Crippen LogP contribution >= 0.6 is 11.8 Å². The summed E-state index contributed by atoms with van der Waals surface area (Å²) in [4.78, 5) is 18.9. The van der Waals surface area contributed by atoms with Crippen molar-refractivity contribution in [3.8, 4) is 0 Å². The quantitative estimate of drug-likeness (QED) is 0.706. The lowest BCUT2D eigenvalue weighted by Gasteiger charge is -2.24. The van der Waals surface area contributed by atoms with Gasteiger partial charge >= 0.3 is 0 Å². The number of aliphatic imine (C=N–C) groups is 1. The molecule has 0 N–H and O–H groups in total. The van der Waals surface area contributed by atoms with Crippen molar-refractivity contribution in [1.82, 2.24) is 4.90 Å². The number of nitrogens with zero attached hydrogens (tertiary/aromatic N) is 2. The normalized spacial score (nSPS) is 23.7. The molecule has 1 amide bonds. The number of halogens is 1. The van der Waals surface area contributed by atoms with Crippen molar-refractivity contribution in [2.75, 3.05) is 18.1 Å². The number of amides is 1. The van der Waals surface area contributed by atoms with Crippen LogP contribution in [0, 0.1) is 12.7 Å². The summed E-state index contributed by atoms with van der Waals surface area (Å²) in [6.45, 7) is 2.51. The highest BCUT2D eigenvalue weighted by Gasteiger charge is 2.48. The predicted octanol–water partition coefficient (Wildman–Crippen LogP) is 3.02. The maximum absolute atomic E-state index is 13.2. The molecule has 2 aromatic rings. The average Bonchev–Trinajstić information content (AvgIpc) is 3.12. The van der Waals surface area contributed by atoms with Crippen molar-refractivity contribution >= 4 is 32.7 Å². The van der Waals surface area contributed by atoms with Crippen LogP contribution in [0.5, 0.6) is 0 Å². The zero-order valence-electron chi connectivity index (χ0n) is 16.6. The van der Waals surface area contributed by atoms with Crippen LogP contribution in [-0.4, -0.2) is 53.7 Å². The Morgan fingerprint density at radius 3 is 2.67 bits per heavy atom. The summed E-state index contributed by atoms with van der Waals surface area (Å²) in [5.41, 5.74) is 2.95. The summed E-state index contributed by atoms with van der Waals surface area (Å²) in [7, 11) is -3.08. The molecular weight excluding hydrogens is 423 g/mol. The van der Waals surface area contributed by atoms with Gasteiger partial charge in [-0.3, -0.25) is 4.79 Å². The molecular formula is C22H23FN2O3S2. The molecule has 158 valence electrons. The molecule has 2 heterocycles. The Bertz CT molecular complexity index is 1080. The molecule has 0 aliphatic carbocycles. The fraction of sp³-hybridized carbons (Fsp3) is 0.364. The Hall–Kier alpha value is -2.19. The van der Waals surface area contributed by atoms with E-state index in [4.69, 9.17) is 0 Å². The lowest BCUT2D eigenvalue weighted by atomic mass is 10.1. The maximum Gasteiger partial charge on any atom is 0.252 e. The van der Waals surface area contributed by atoms with Gasteiger partial charge in [0.05, 0.1) is 24.0 Å². The number of hydrogen-bond donors (Lipinski definition) is 0. The minimum absolute atomic E-state index is 0.0825. The van der Waals surface area contributed by atoms with Crippen molar-refractivity contribution in [3.05, 3.63) is 71.0 Å². The Morgan fingerprint density at radius 2 is 1.93 bits per heavy atom. The number of carbonyl (C=O) groups is 1. The number of sulfone groups is 1. The molecule has 2 aliphatic rings. The molecule has 0 unspecified atom stereocenters. The van der Waals surface area contributed by atoms with Crippen molar-refractivity contribution in [2.24, 2.45) is 4.99 Å². The number of fused-ring (bicyclic) bond motifs is 1. The fourth-order valence-electron chi connectivity index (χ4n) is 3.94. The van der Waals surface area contributed by atoms with Crippen LogP contribution in [0.1, 0.15) is 16.7 Å². The van der Waals surface area contributed by atoms with E-state index in [0.29, 0.717) is 18.1 Å². The molecule has 0 saturated carbocycles. The van der Waals surface area contributed by atoms with Crippen LogP contribution in [0.15, 0.2) is 53.5 Å². The molecule has 0 aromatic heterocycles. The minimum atomic E-state index is -3.08. The molecule has 2 fully saturated rings. The van der Waals surface area contributed by atoms with Gasteiger partial charge in [-0.15, -0.1) is 0 Å². The predicted molar refractivity (Wildman–Crippen MR) is 118 cm³/mol. The van der Waals surface area contributed by atoms with Gasteiger partial charge in [0.15, 0.2) is 15.0 Å². The summed E-state index contributed by atoms with van der Waals surface area (Å²) in [5, 5.41) is 0.494. The smallest absolute Gasteiger partial charge is 0.252 e. The van der Waals surface area contributed by atoms with Gasteiger partial charge in [-0.25, -0.2) is 12.8 Å². The first kappa shape index (κ1) is 21.1. The van der Waals surface area contributed by atoms with Crippen molar-refractivity contribution < 1.29 is 17.6 Å². The van der Waals surface area contributed by atoms with Gasteiger partial charge in [0.1, 0.15) is 5.82 Å². The van der Waals surface area contributed by atoms with Gasteiger partial charge in [0, 0.05) is 11.8 Å². The highest BCUT2D eigenvalue weighted by atomic mass is 32.2. The summed E-state index contributed by atoms with van der Waals surface area (Å²) >= 11 is 1.39. The second kappa shape index (κ2) is 8.51. The molecule has 4 rings (SSSR count). The third-order valence-electron chi connectivity index (χ3n) is 5.39. The number of benzene rings is 2. The monoisotopic (exact) mass is 446 g/mol. The Kier molecular flexibility index (Phi) is 5.97. The fourth-order valence-corrected chi connectivity index (χ4v) is 7.94.